The molecule has 1 fully saturated rings. The fourth-order valence-electron chi connectivity index (χ4n) is 3.13. The van der Waals surface area contributed by atoms with Crippen LogP contribution in [-0.4, -0.2) is 43.5 Å². The molecular formula is C18H23N3O4. The molecule has 1 aromatic rings. The van der Waals surface area contributed by atoms with Gasteiger partial charge in [-0.2, -0.15) is 0 Å². The Morgan fingerprint density at radius 1 is 1.24 bits per heavy atom. The lowest BCUT2D eigenvalue weighted by Gasteiger charge is -2.29. The van der Waals surface area contributed by atoms with E-state index in [4.69, 9.17) is 4.74 Å². The van der Waals surface area contributed by atoms with E-state index in [1.165, 1.54) is 0 Å². The molecule has 0 aliphatic carbocycles. The highest BCUT2D eigenvalue weighted by Gasteiger charge is 2.25. The number of anilines is 1. The van der Waals surface area contributed by atoms with E-state index in [0.717, 1.165) is 18.5 Å². The van der Waals surface area contributed by atoms with E-state index < -0.39 is 6.04 Å². The van der Waals surface area contributed by atoms with Crippen LogP contribution in [0.25, 0.3) is 0 Å². The Bertz CT molecular complexity index is 661. The molecule has 0 unspecified atom stereocenters. The number of amides is 3. The maximum absolute atomic E-state index is 12.5. The fraction of sp³-hybridized carbons (Fsp3) is 0.500. The molecule has 0 radical (unpaired) electrons. The first-order valence-corrected chi connectivity index (χ1v) is 8.74. The molecule has 7 heteroatoms. The van der Waals surface area contributed by atoms with Crippen LogP contribution in [0.15, 0.2) is 24.3 Å². The highest BCUT2D eigenvalue weighted by Crippen LogP contribution is 2.31. The number of hydrogen-bond acceptors (Lipinski definition) is 4. The Balaban J connectivity index is 1.52. The summed E-state index contributed by atoms with van der Waals surface area (Å²) in [5, 5.41) is 5.52. The standard InChI is InChI=1S/C18H23N3O4/c22-16(20-13-5-3-4-10-19-18(13)24)8-9-17(23)21-11-12-25-15-7-2-1-6-14(15)21/h1-2,6-7,13H,3-5,8-12H2,(H,19,24)(H,20,22)/t13-/m1/s1. The number of nitrogens with one attached hydrogen (secondary N) is 2. The van der Waals surface area contributed by atoms with Crippen molar-refractivity contribution in [1.82, 2.24) is 10.6 Å². The molecule has 0 aromatic heterocycles. The summed E-state index contributed by atoms with van der Waals surface area (Å²) in [7, 11) is 0. The zero-order valence-electron chi connectivity index (χ0n) is 14.1. The van der Waals surface area contributed by atoms with Crippen LogP contribution >= 0.6 is 0 Å². The molecule has 0 spiro atoms. The summed E-state index contributed by atoms with van der Waals surface area (Å²) in [5.74, 6) is 0.161. The van der Waals surface area contributed by atoms with Gasteiger partial charge in [0, 0.05) is 19.4 Å². The topological polar surface area (TPSA) is 87.7 Å². The summed E-state index contributed by atoms with van der Waals surface area (Å²) in [6.45, 7) is 1.57. The number of benzene rings is 1. The van der Waals surface area contributed by atoms with Gasteiger partial charge in [-0.25, -0.2) is 0 Å². The van der Waals surface area contributed by atoms with Gasteiger partial charge in [0.2, 0.25) is 17.7 Å². The molecule has 3 amide bonds. The van der Waals surface area contributed by atoms with Crippen molar-refractivity contribution in [3.63, 3.8) is 0 Å². The molecule has 3 rings (SSSR count). The zero-order valence-corrected chi connectivity index (χ0v) is 14.1. The van der Waals surface area contributed by atoms with E-state index in [-0.39, 0.29) is 30.6 Å². The maximum Gasteiger partial charge on any atom is 0.242 e. The highest BCUT2D eigenvalue weighted by molar-refractivity contribution is 5.97. The first-order valence-electron chi connectivity index (χ1n) is 8.74. The zero-order chi connectivity index (χ0) is 17.6. The van der Waals surface area contributed by atoms with Crippen molar-refractivity contribution in [2.45, 2.75) is 38.1 Å². The van der Waals surface area contributed by atoms with Gasteiger partial charge in [-0.15, -0.1) is 0 Å². The van der Waals surface area contributed by atoms with Gasteiger partial charge in [0.25, 0.3) is 0 Å². The summed E-state index contributed by atoms with van der Waals surface area (Å²) in [6, 6.07) is 6.88. The van der Waals surface area contributed by atoms with Crippen LogP contribution in [0.3, 0.4) is 0 Å². The van der Waals surface area contributed by atoms with Gasteiger partial charge < -0.3 is 20.3 Å². The van der Waals surface area contributed by atoms with Crippen molar-refractivity contribution >= 4 is 23.4 Å². The smallest absolute Gasteiger partial charge is 0.242 e. The number of hydrogen-bond donors (Lipinski definition) is 2. The maximum atomic E-state index is 12.5. The number of para-hydroxylation sites is 2. The SMILES string of the molecule is O=C(CCC(=O)N1CCOc2ccccc21)N[C@@H]1CCCCNC1=O. The third-order valence-corrected chi connectivity index (χ3v) is 4.47. The predicted octanol–water partition coefficient (Wildman–Crippen LogP) is 0.977. The minimum atomic E-state index is -0.491. The van der Waals surface area contributed by atoms with Crippen LogP contribution in [0, 0.1) is 0 Å². The average Bonchev–Trinajstić information content (AvgIpc) is 2.83. The molecule has 134 valence electrons. The first-order chi connectivity index (χ1) is 12.1. The lowest BCUT2D eigenvalue weighted by molar-refractivity contribution is -0.129. The number of carbonyl (C=O) groups is 3. The van der Waals surface area contributed by atoms with Gasteiger partial charge in [0.1, 0.15) is 18.4 Å². The van der Waals surface area contributed by atoms with Crippen molar-refractivity contribution in [1.29, 1.82) is 0 Å². The second kappa shape index (κ2) is 8.00. The number of rotatable bonds is 4. The molecule has 1 saturated heterocycles. The van der Waals surface area contributed by atoms with Crippen LogP contribution < -0.4 is 20.3 Å². The van der Waals surface area contributed by atoms with Gasteiger partial charge in [0.05, 0.1) is 12.2 Å². The molecule has 2 N–H and O–H groups in total. The minimum absolute atomic E-state index is 0.0716. The van der Waals surface area contributed by atoms with Gasteiger partial charge >= 0.3 is 0 Å². The largest absolute Gasteiger partial charge is 0.490 e. The Morgan fingerprint density at radius 3 is 2.96 bits per heavy atom. The molecule has 2 aliphatic heterocycles. The fourth-order valence-corrected chi connectivity index (χ4v) is 3.13. The monoisotopic (exact) mass is 345 g/mol. The molecule has 0 saturated carbocycles. The number of fused-ring (bicyclic) bond motifs is 1. The summed E-state index contributed by atoms with van der Waals surface area (Å²) < 4.78 is 5.54. The predicted molar refractivity (Wildman–Crippen MR) is 92.3 cm³/mol. The summed E-state index contributed by atoms with van der Waals surface area (Å²) >= 11 is 0. The van der Waals surface area contributed by atoms with E-state index in [1.807, 2.05) is 24.3 Å². The Labute approximate surface area is 146 Å². The van der Waals surface area contributed by atoms with Crippen LogP contribution in [0.4, 0.5) is 5.69 Å². The van der Waals surface area contributed by atoms with E-state index >= 15 is 0 Å². The number of carbonyl (C=O) groups excluding carboxylic acids is 3. The van der Waals surface area contributed by atoms with E-state index in [2.05, 4.69) is 10.6 Å². The first kappa shape index (κ1) is 17.3. The summed E-state index contributed by atoms with van der Waals surface area (Å²) in [5.41, 5.74) is 0.738. The second-order valence-electron chi connectivity index (χ2n) is 6.27. The van der Waals surface area contributed by atoms with Crippen molar-refractivity contribution in [3.8, 4) is 5.75 Å². The normalized spacial score (nSPS) is 19.9. The lowest BCUT2D eigenvalue weighted by Crippen LogP contribution is -2.45. The van der Waals surface area contributed by atoms with E-state index in [1.54, 1.807) is 4.90 Å². The quantitative estimate of drug-likeness (QED) is 0.851. The van der Waals surface area contributed by atoms with Crippen LogP contribution in [0.1, 0.15) is 32.1 Å². The second-order valence-corrected chi connectivity index (χ2v) is 6.27. The van der Waals surface area contributed by atoms with Gasteiger partial charge in [-0.1, -0.05) is 12.1 Å². The summed E-state index contributed by atoms with van der Waals surface area (Å²) in [4.78, 5) is 38.1. The number of nitrogens with zero attached hydrogens (tertiary/aromatic N) is 1. The third kappa shape index (κ3) is 4.29. The number of ether oxygens (including phenoxy) is 1. The molecule has 1 aromatic carbocycles. The van der Waals surface area contributed by atoms with Crippen molar-refractivity contribution in [2.75, 3.05) is 24.6 Å². The van der Waals surface area contributed by atoms with Crippen LogP contribution in [0.5, 0.6) is 5.75 Å². The highest BCUT2D eigenvalue weighted by atomic mass is 16.5. The van der Waals surface area contributed by atoms with E-state index in [9.17, 15) is 14.4 Å². The third-order valence-electron chi connectivity index (χ3n) is 4.47. The molecule has 25 heavy (non-hydrogen) atoms. The molecule has 7 nitrogen and oxygen atoms in total. The van der Waals surface area contributed by atoms with Gasteiger partial charge in [-0.3, -0.25) is 14.4 Å². The average molecular weight is 345 g/mol. The van der Waals surface area contributed by atoms with Gasteiger partial charge in [0.15, 0.2) is 0 Å². The molecule has 1 atom stereocenters. The Hall–Kier alpha value is -2.57. The molecule has 2 heterocycles. The molecule has 2 aliphatic rings. The van der Waals surface area contributed by atoms with E-state index in [0.29, 0.717) is 31.9 Å². The van der Waals surface area contributed by atoms with Crippen molar-refractivity contribution < 1.29 is 19.1 Å². The Kier molecular flexibility index (Phi) is 5.53. The van der Waals surface area contributed by atoms with Crippen LogP contribution in [0.2, 0.25) is 0 Å². The Morgan fingerprint density at radius 2 is 2.08 bits per heavy atom. The van der Waals surface area contributed by atoms with Gasteiger partial charge in [-0.05, 0) is 31.4 Å². The van der Waals surface area contributed by atoms with Crippen LogP contribution in [-0.2, 0) is 14.4 Å². The molecule has 0 bridgehead atoms. The van der Waals surface area contributed by atoms with Crippen molar-refractivity contribution in [2.24, 2.45) is 0 Å². The summed E-state index contributed by atoms with van der Waals surface area (Å²) in [6.07, 6.45) is 2.64. The minimum Gasteiger partial charge on any atom is -0.490 e. The van der Waals surface area contributed by atoms with Crippen molar-refractivity contribution in [3.05, 3.63) is 24.3 Å². The molecular weight excluding hydrogens is 322 g/mol. The lowest BCUT2D eigenvalue weighted by atomic mass is 10.1.